The Morgan fingerprint density at radius 1 is 1.62 bits per heavy atom. The number of hydrogen-bond donors (Lipinski definition) is 2. The third-order valence-electron chi connectivity index (χ3n) is 1.50. The van der Waals surface area contributed by atoms with E-state index in [0.29, 0.717) is 5.02 Å². The summed E-state index contributed by atoms with van der Waals surface area (Å²) < 4.78 is 0.852. The maximum atomic E-state index is 5.84. The Morgan fingerprint density at radius 2 is 2.23 bits per heavy atom. The molecule has 0 amide bonds. The highest BCUT2D eigenvalue weighted by Gasteiger charge is 2.05. The third kappa shape index (κ3) is 2.83. The number of anilines is 1. The molecule has 5 heteroatoms. The largest absolute Gasteiger partial charge is 0.376 e. The molecule has 0 saturated carbocycles. The van der Waals surface area contributed by atoms with Gasteiger partial charge in [0.25, 0.3) is 0 Å². The Morgan fingerprint density at radius 3 is 2.69 bits per heavy atom. The van der Waals surface area contributed by atoms with Crippen LogP contribution in [0.15, 0.2) is 16.6 Å². The maximum Gasteiger partial charge on any atom is 0.168 e. The van der Waals surface area contributed by atoms with E-state index < -0.39 is 0 Å². The highest BCUT2D eigenvalue weighted by molar-refractivity contribution is 9.10. The molecule has 0 aromatic heterocycles. The Bertz CT molecular complexity index is 331. The van der Waals surface area contributed by atoms with Gasteiger partial charge in [0.05, 0.1) is 5.69 Å². The first kappa shape index (κ1) is 10.8. The molecule has 13 heavy (non-hydrogen) atoms. The second-order valence-corrected chi connectivity index (χ2v) is 4.30. The van der Waals surface area contributed by atoms with Gasteiger partial charge in [-0.15, -0.1) is 0 Å². The fraction of sp³-hybridized carbons (Fsp3) is 0.125. The minimum absolute atomic E-state index is 0.242. The molecule has 0 aliphatic carbocycles. The molecule has 70 valence electrons. The van der Waals surface area contributed by atoms with Crippen LogP contribution in [0.5, 0.6) is 0 Å². The van der Waals surface area contributed by atoms with E-state index >= 15 is 0 Å². The van der Waals surface area contributed by atoms with Gasteiger partial charge in [-0.3, -0.25) is 0 Å². The number of nitrogens with two attached hydrogens (primary N) is 1. The first-order valence-corrected chi connectivity index (χ1v) is 5.10. The number of halogens is 2. The molecule has 0 aliphatic rings. The van der Waals surface area contributed by atoms with E-state index in [2.05, 4.69) is 21.2 Å². The van der Waals surface area contributed by atoms with Crippen molar-refractivity contribution in [2.45, 2.75) is 6.92 Å². The summed E-state index contributed by atoms with van der Waals surface area (Å²) in [5.41, 5.74) is 7.22. The molecule has 1 rings (SSSR count). The first-order valence-electron chi connectivity index (χ1n) is 3.53. The van der Waals surface area contributed by atoms with E-state index in [1.807, 2.05) is 13.0 Å². The summed E-state index contributed by atoms with van der Waals surface area (Å²) in [6.07, 6.45) is 0. The molecule has 0 spiro atoms. The van der Waals surface area contributed by atoms with E-state index in [-0.39, 0.29) is 5.11 Å². The van der Waals surface area contributed by atoms with Gasteiger partial charge in [0.2, 0.25) is 0 Å². The molecule has 0 heterocycles. The van der Waals surface area contributed by atoms with Crippen LogP contribution in [0.3, 0.4) is 0 Å². The molecule has 0 bridgehead atoms. The van der Waals surface area contributed by atoms with Crippen LogP contribution in [-0.4, -0.2) is 5.11 Å². The van der Waals surface area contributed by atoms with Crippen LogP contribution in [0.4, 0.5) is 5.69 Å². The van der Waals surface area contributed by atoms with Crippen LogP contribution in [0.1, 0.15) is 5.56 Å². The molecule has 0 unspecified atom stereocenters. The lowest BCUT2D eigenvalue weighted by atomic mass is 10.2. The molecule has 2 nitrogen and oxygen atoms in total. The molecule has 0 aliphatic heterocycles. The number of thiocarbonyl (C=S) groups is 1. The fourth-order valence-corrected chi connectivity index (χ4v) is 2.15. The highest BCUT2D eigenvalue weighted by Crippen LogP contribution is 2.29. The third-order valence-corrected chi connectivity index (χ3v) is 2.45. The summed E-state index contributed by atoms with van der Waals surface area (Å²) in [5, 5.41) is 3.79. The topological polar surface area (TPSA) is 38.0 Å². The molecule has 1 aromatic carbocycles. The molecule has 3 N–H and O–H groups in total. The van der Waals surface area contributed by atoms with Crippen LogP contribution in [-0.2, 0) is 0 Å². The first-order chi connectivity index (χ1) is 6.00. The van der Waals surface area contributed by atoms with Gasteiger partial charge in [0, 0.05) is 9.50 Å². The Labute approximate surface area is 95.6 Å². The van der Waals surface area contributed by atoms with E-state index in [4.69, 9.17) is 29.6 Å². The second kappa shape index (κ2) is 4.26. The molecular weight excluding hydrogens is 272 g/mol. The van der Waals surface area contributed by atoms with Crippen LogP contribution in [0.25, 0.3) is 0 Å². The van der Waals surface area contributed by atoms with Crippen molar-refractivity contribution in [2.75, 3.05) is 5.32 Å². The van der Waals surface area contributed by atoms with Gasteiger partial charge < -0.3 is 11.1 Å². The van der Waals surface area contributed by atoms with Gasteiger partial charge in [-0.1, -0.05) is 11.6 Å². The van der Waals surface area contributed by atoms with Gasteiger partial charge in [-0.2, -0.15) is 0 Å². The minimum Gasteiger partial charge on any atom is -0.376 e. The number of rotatable bonds is 1. The van der Waals surface area contributed by atoms with Gasteiger partial charge in [0.15, 0.2) is 5.11 Å². The Balaban J connectivity index is 3.13. The number of aryl methyl sites for hydroxylation is 1. The SMILES string of the molecule is Cc1cc(Cl)cc(Br)c1NC(N)=S. The lowest BCUT2D eigenvalue weighted by Crippen LogP contribution is -2.19. The standard InChI is InChI=1S/C8H8BrClN2S/c1-4-2-5(10)3-6(9)7(4)12-8(11)13/h2-3H,1H3,(H3,11,12,13). The molecular formula is C8H8BrClN2S. The summed E-state index contributed by atoms with van der Waals surface area (Å²) in [5.74, 6) is 0. The molecule has 0 atom stereocenters. The number of nitrogens with one attached hydrogen (secondary N) is 1. The Hall–Kier alpha value is -0.320. The maximum absolute atomic E-state index is 5.84. The van der Waals surface area contributed by atoms with Crippen LogP contribution >= 0.6 is 39.7 Å². The second-order valence-electron chi connectivity index (χ2n) is 2.57. The van der Waals surface area contributed by atoms with E-state index in [9.17, 15) is 0 Å². The van der Waals surface area contributed by atoms with Crippen molar-refractivity contribution in [3.05, 3.63) is 27.2 Å². The van der Waals surface area contributed by atoms with Gasteiger partial charge in [-0.25, -0.2) is 0 Å². The van der Waals surface area contributed by atoms with Crippen molar-refractivity contribution in [3.8, 4) is 0 Å². The molecule has 0 radical (unpaired) electrons. The lowest BCUT2D eigenvalue weighted by molar-refractivity contribution is 1.43. The average molecular weight is 280 g/mol. The average Bonchev–Trinajstić information content (AvgIpc) is 1.96. The fourth-order valence-electron chi connectivity index (χ4n) is 0.984. The zero-order valence-corrected chi connectivity index (χ0v) is 10.1. The molecule has 0 saturated heterocycles. The van der Waals surface area contributed by atoms with Crippen molar-refractivity contribution in [3.63, 3.8) is 0 Å². The van der Waals surface area contributed by atoms with Gasteiger partial charge >= 0.3 is 0 Å². The summed E-state index contributed by atoms with van der Waals surface area (Å²) in [4.78, 5) is 0. The van der Waals surface area contributed by atoms with Gasteiger partial charge in [-0.05, 0) is 52.8 Å². The highest BCUT2D eigenvalue weighted by atomic mass is 79.9. The monoisotopic (exact) mass is 278 g/mol. The molecule has 1 aromatic rings. The number of benzene rings is 1. The van der Waals surface area contributed by atoms with E-state index in [1.165, 1.54) is 0 Å². The summed E-state index contributed by atoms with van der Waals surface area (Å²) in [7, 11) is 0. The number of hydrogen-bond acceptors (Lipinski definition) is 1. The van der Waals surface area contributed by atoms with Crippen molar-refractivity contribution in [2.24, 2.45) is 5.73 Å². The quantitative estimate of drug-likeness (QED) is 0.776. The van der Waals surface area contributed by atoms with Crippen molar-refractivity contribution in [1.29, 1.82) is 0 Å². The van der Waals surface area contributed by atoms with Crippen molar-refractivity contribution >= 4 is 50.5 Å². The summed E-state index contributed by atoms with van der Waals surface area (Å²) in [6.45, 7) is 1.93. The van der Waals surface area contributed by atoms with Crippen molar-refractivity contribution in [1.82, 2.24) is 0 Å². The Kier molecular flexibility index (Phi) is 3.53. The zero-order valence-electron chi connectivity index (χ0n) is 6.90. The van der Waals surface area contributed by atoms with Crippen molar-refractivity contribution < 1.29 is 0 Å². The van der Waals surface area contributed by atoms with E-state index in [0.717, 1.165) is 15.7 Å². The summed E-state index contributed by atoms with van der Waals surface area (Å²) in [6, 6.07) is 3.63. The van der Waals surface area contributed by atoms with Crippen LogP contribution in [0, 0.1) is 6.92 Å². The predicted molar refractivity (Wildman–Crippen MR) is 64.3 cm³/mol. The normalized spacial score (nSPS) is 9.77. The van der Waals surface area contributed by atoms with Crippen LogP contribution in [0.2, 0.25) is 5.02 Å². The zero-order chi connectivity index (χ0) is 10.0. The van der Waals surface area contributed by atoms with E-state index in [1.54, 1.807) is 6.07 Å². The molecule has 0 fully saturated rings. The predicted octanol–water partition coefficient (Wildman–Crippen LogP) is 3.07. The summed E-state index contributed by atoms with van der Waals surface area (Å²) >= 11 is 13.9. The lowest BCUT2D eigenvalue weighted by Gasteiger charge is -2.10. The van der Waals surface area contributed by atoms with Gasteiger partial charge in [0.1, 0.15) is 0 Å². The minimum atomic E-state index is 0.242. The van der Waals surface area contributed by atoms with Crippen LogP contribution < -0.4 is 11.1 Å². The smallest absolute Gasteiger partial charge is 0.168 e.